The number of fused-ring (bicyclic) bond motifs is 1. The van der Waals surface area contributed by atoms with Crippen molar-refractivity contribution in [2.45, 2.75) is 13.5 Å². The summed E-state index contributed by atoms with van der Waals surface area (Å²) in [6.07, 6.45) is 1.83. The second-order valence-corrected chi connectivity index (χ2v) is 5.55. The molecule has 0 atom stereocenters. The predicted molar refractivity (Wildman–Crippen MR) is 78.5 cm³/mol. The Labute approximate surface area is 118 Å². The van der Waals surface area contributed by atoms with Crippen LogP contribution in [0.5, 0.6) is 0 Å². The first-order valence-electron chi connectivity index (χ1n) is 7.02. The van der Waals surface area contributed by atoms with Crippen LogP contribution < -0.4 is 0 Å². The molecule has 2 heterocycles. The Morgan fingerprint density at radius 1 is 1.25 bits per heavy atom. The summed E-state index contributed by atoms with van der Waals surface area (Å²) in [7, 11) is 2.09. The van der Waals surface area contributed by atoms with Crippen molar-refractivity contribution in [1.82, 2.24) is 19.6 Å². The first-order chi connectivity index (χ1) is 9.63. The van der Waals surface area contributed by atoms with Gasteiger partial charge in [0.25, 0.3) is 0 Å². The second kappa shape index (κ2) is 5.25. The fraction of sp³-hybridized carbons (Fsp3) is 0.467. The number of hydrogen-bond donors (Lipinski definition) is 0. The second-order valence-electron chi connectivity index (χ2n) is 5.55. The minimum absolute atomic E-state index is 0.157. The van der Waals surface area contributed by atoms with Gasteiger partial charge in [0.05, 0.1) is 11.7 Å². The van der Waals surface area contributed by atoms with Gasteiger partial charge in [-0.15, -0.1) is 0 Å². The van der Waals surface area contributed by atoms with E-state index in [4.69, 9.17) is 0 Å². The number of aryl methyl sites for hydroxylation is 1. The Hall–Kier alpha value is -1.88. The van der Waals surface area contributed by atoms with Gasteiger partial charge in [0.15, 0.2) is 0 Å². The van der Waals surface area contributed by atoms with Gasteiger partial charge in [-0.25, -0.2) is 0 Å². The molecule has 0 aliphatic carbocycles. The number of rotatable bonds is 2. The third kappa shape index (κ3) is 2.54. The predicted octanol–water partition coefficient (Wildman–Crippen LogP) is 1.12. The average molecular weight is 272 g/mol. The molecule has 1 saturated heterocycles. The van der Waals surface area contributed by atoms with Crippen molar-refractivity contribution in [3.8, 4) is 0 Å². The summed E-state index contributed by atoms with van der Waals surface area (Å²) in [4.78, 5) is 16.5. The van der Waals surface area contributed by atoms with Crippen LogP contribution in [0.1, 0.15) is 5.56 Å². The zero-order valence-corrected chi connectivity index (χ0v) is 12.0. The molecule has 5 heteroatoms. The van der Waals surface area contributed by atoms with E-state index in [1.165, 1.54) is 5.56 Å². The Morgan fingerprint density at radius 3 is 2.75 bits per heavy atom. The van der Waals surface area contributed by atoms with E-state index in [-0.39, 0.29) is 5.91 Å². The molecule has 1 fully saturated rings. The zero-order chi connectivity index (χ0) is 14.1. The third-order valence-electron chi connectivity index (χ3n) is 3.94. The smallest absolute Gasteiger partial charge is 0.244 e. The molecule has 1 amide bonds. The Balaban J connectivity index is 1.76. The summed E-state index contributed by atoms with van der Waals surface area (Å²) < 4.78 is 1.81. The topological polar surface area (TPSA) is 41.4 Å². The molecule has 0 bridgehead atoms. The summed E-state index contributed by atoms with van der Waals surface area (Å²) in [6, 6.07) is 6.20. The van der Waals surface area contributed by atoms with E-state index < -0.39 is 0 Å². The van der Waals surface area contributed by atoms with Crippen LogP contribution in [-0.2, 0) is 11.3 Å². The maximum atomic E-state index is 12.3. The minimum atomic E-state index is 0.157. The molecule has 1 aliphatic heterocycles. The van der Waals surface area contributed by atoms with E-state index in [9.17, 15) is 4.79 Å². The molecule has 106 valence electrons. The number of amides is 1. The summed E-state index contributed by atoms with van der Waals surface area (Å²) in [6.45, 7) is 5.91. The summed E-state index contributed by atoms with van der Waals surface area (Å²) in [5, 5.41) is 5.43. The van der Waals surface area contributed by atoms with Gasteiger partial charge < -0.3 is 9.80 Å². The number of aromatic nitrogens is 2. The van der Waals surface area contributed by atoms with Crippen LogP contribution in [-0.4, -0.2) is 58.7 Å². The Kier molecular flexibility index (Phi) is 3.44. The van der Waals surface area contributed by atoms with Crippen LogP contribution in [0.3, 0.4) is 0 Å². The van der Waals surface area contributed by atoms with Gasteiger partial charge in [-0.1, -0.05) is 12.1 Å². The zero-order valence-electron chi connectivity index (χ0n) is 12.0. The van der Waals surface area contributed by atoms with Crippen molar-refractivity contribution in [2.75, 3.05) is 33.2 Å². The van der Waals surface area contributed by atoms with E-state index in [1.54, 1.807) is 0 Å². The van der Waals surface area contributed by atoms with Crippen molar-refractivity contribution in [3.05, 3.63) is 30.0 Å². The SMILES string of the molecule is Cc1ccc2cnn(CC(=O)N3CCN(C)CC3)c2c1. The van der Waals surface area contributed by atoms with Crippen molar-refractivity contribution < 1.29 is 4.79 Å². The highest BCUT2D eigenvalue weighted by Gasteiger charge is 2.19. The van der Waals surface area contributed by atoms with Crippen molar-refractivity contribution in [1.29, 1.82) is 0 Å². The van der Waals surface area contributed by atoms with Crippen LogP contribution in [0, 0.1) is 6.92 Å². The monoisotopic (exact) mass is 272 g/mol. The lowest BCUT2D eigenvalue weighted by molar-refractivity contribution is -0.133. The molecule has 1 aromatic heterocycles. The molecule has 5 nitrogen and oxygen atoms in total. The Morgan fingerprint density at radius 2 is 2.00 bits per heavy atom. The number of likely N-dealkylation sites (N-methyl/N-ethyl adjacent to an activating group) is 1. The van der Waals surface area contributed by atoms with Crippen LogP contribution in [0.25, 0.3) is 10.9 Å². The maximum absolute atomic E-state index is 12.3. The van der Waals surface area contributed by atoms with Gasteiger partial charge >= 0.3 is 0 Å². The first-order valence-corrected chi connectivity index (χ1v) is 7.02. The van der Waals surface area contributed by atoms with Crippen LogP contribution in [0.2, 0.25) is 0 Å². The molecule has 0 spiro atoms. The standard InChI is InChI=1S/C15H20N4O/c1-12-3-4-13-10-16-19(14(13)9-12)11-15(20)18-7-5-17(2)6-8-18/h3-4,9-10H,5-8,11H2,1-2H3. The summed E-state index contributed by atoms with van der Waals surface area (Å²) >= 11 is 0. The lowest BCUT2D eigenvalue weighted by Gasteiger charge is -2.32. The molecular weight excluding hydrogens is 252 g/mol. The van der Waals surface area contributed by atoms with Gasteiger partial charge in [-0.2, -0.15) is 5.10 Å². The quantitative estimate of drug-likeness (QED) is 0.822. The van der Waals surface area contributed by atoms with E-state index >= 15 is 0 Å². The number of carbonyl (C=O) groups is 1. The molecule has 2 aromatic rings. The van der Waals surface area contributed by atoms with E-state index in [1.807, 2.05) is 15.8 Å². The van der Waals surface area contributed by atoms with E-state index in [0.29, 0.717) is 6.54 Å². The highest BCUT2D eigenvalue weighted by atomic mass is 16.2. The number of nitrogens with zero attached hydrogens (tertiary/aromatic N) is 4. The van der Waals surface area contributed by atoms with Gasteiger partial charge in [-0.05, 0) is 25.6 Å². The molecular formula is C15H20N4O. The number of carbonyl (C=O) groups excluding carboxylic acids is 1. The molecule has 0 N–H and O–H groups in total. The lowest BCUT2D eigenvalue weighted by Crippen LogP contribution is -2.48. The maximum Gasteiger partial charge on any atom is 0.244 e. The Bertz CT molecular complexity index is 626. The third-order valence-corrected chi connectivity index (χ3v) is 3.94. The molecule has 0 unspecified atom stereocenters. The first kappa shape index (κ1) is 13.1. The molecule has 0 saturated carbocycles. The normalized spacial score (nSPS) is 16.8. The molecule has 1 aliphatic rings. The molecule has 1 aromatic carbocycles. The van der Waals surface area contributed by atoms with E-state index in [0.717, 1.165) is 37.1 Å². The minimum Gasteiger partial charge on any atom is -0.339 e. The fourth-order valence-electron chi connectivity index (χ4n) is 2.59. The number of benzene rings is 1. The lowest BCUT2D eigenvalue weighted by atomic mass is 10.2. The van der Waals surface area contributed by atoms with Gasteiger partial charge in [0, 0.05) is 31.6 Å². The van der Waals surface area contributed by atoms with Crippen molar-refractivity contribution >= 4 is 16.8 Å². The van der Waals surface area contributed by atoms with Gasteiger partial charge in [-0.3, -0.25) is 9.48 Å². The summed E-state index contributed by atoms with van der Waals surface area (Å²) in [5.74, 6) is 0.157. The number of piperazine rings is 1. The molecule has 3 rings (SSSR count). The largest absolute Gasteiger partial charge is 0.339 e. The number of hydrogen-bond acceptors (Lipinski definition) is 3. The average Bonchev–Trinajstić information content (AvgIpc) is 2.82. The van der Waals surface area contributed by atoms with Gasteiger partial charge in [0.2, 0.25) is 5.91 Å². The highest BCUT2D eigenvalue weighted by molar-refractivity contribution is 5.82. The summed E-state index contributed by atoms with van der Waals surface area (Å²) in [5.41, 5.74) is 2.22. The van der Waals surface area contributed by atoms with E-state index in [2.05, 4.69) is 42.2 Å². The van der Waals surface area contributed by atoms with Crippen molar-refractivity contribution in [2.24, 2.45) is 0 Å². The van der Waals surface area contributed by atoms with Crippen LogP contribution in [0.4, 0.5) is 0 Å². The van der Waals surface area contributed by atoms with Crippen LogP contribution in [0.15, 0.2) is 24.4 Å². The fourth-order valence-corrected chi connectivity index (χ4v) is 2.59. The van der Waals surface area contributed by atoms with Crippen molar-refractivity contribution in [3.63, 3.8) is 0 Å². The van der Waals surface area contributed by atoms with Crippen LogP contribution >= 0.6 is 0 Å². The molecule has 0 radical (unpaired) electrons. The van der Waals surface area contributed by atoms with Gasteiger partial charge in [0.1, 0.15) is 6.54 Å². The molecule has 20 heavy (non-hydrogen) atoms. The highest BCUT2D eigenvalue weighted by Crippen LogP contribution is 2.15.